The molecule has 0 rings (SSSR count). The molecule has 0 heterocycles. The standard InChI is InChI=1S/C10H22O2/c1-8(2)5-10(7-11)6-9(3)12-4/h8-11H,5-7H2,1-4H3. The summed E-state index contributed by atoms with van der Waals surface area (Å²) in [5, 5.41) is 9.06. The normalized spacial score (nSPS) is 16.5. The van der Waals surface area contributed by atoms with E-state index in [1.807, 2.05) is 6.92 Å². The van der Waals surface area contributed by atoms with Crippen LogP contribution in [0.15, 0.2) is 0 Å². The van der Waals surface area contributed by atoms with Crippen molar-refractivity contribution in [2.75, 3.05) is 13.7 Å². The van der Waals surface area contributed by atoms with Crippen molar-refractivity contribution in [1.29, 1.82) is 0 Å². The summed E-state index contributed by atoms with van der Waals surface area (Å²) in [6, 6.07) is 0. The van der Waals surface area contributed by atoms with Gasteiger partial charge in [0.2, 0.25) is 0 Å². The molecule has 0 bridgehead atoms. The molecular weight excluding hydrogens is 152 g/mol. The van der Waals surface area contributed by atoms with E-state index in [4.69, 9.17) is 9.84 Å². The molecule has 0 fully saturated rings. The molecule has 0 saturated carbocycles. The fourth-order valence-electron chi connectivity index (χ4n) is 1.48. The zero-order chi connectivity index (χ0) is 9.56. The highest BCUT2D eigenvalue weighted by molar-refractivity contribution is 4.64. The first-order chi connectivity index (χ1) is 5.60. The van der Waals surface area contributed by atoms with Crippen LogP contribution in [0.5, 0.6) is 0 Å². The van der Waals surface area contributed by atoms with Gasteiger partial charge < -0.3 is 9.84 Å². The third kappa shape index (κ3) is 5.56. The first-order valence-electron chi connectivity index (χ1n) is 4.73. The van der Waals surface area contributed by atoms with Crippen molar-refractivity contribution in [2.45, 2.75) is 39.7 Å². The summed E-state index contributed by atoms with van der Waals surface area (Å²) in [6.45, 7) is 6.69. The van der Waals surface area contributed by atoms with Crippen LogP contribution < -0.4 is 0 Å². The maximum Gasteiger partial charge on any atom is 0.0546 e. The Morgan fingerprint density at radius 2 is 1.75 bits per heavy atom. The Hall–Kier alpha value is -0.0800. The van der Waals surface area contributed by atoms with Crippen LogP contribution in [0, 0.1) is 11.8 Å². The van der Waals surface area contributed by atoms with Crippen LogP contribution in [0.3, 0.4) is 0 Å². The highest BCUT2D eigenvalue weighted by Crippen LogP contribution is 2.17. The molecular formula is C10H22O2. The smallest absolute Gasteiger partial charge is 0.0546 e. The second kappa shape index (κ2) is 6.44. The third-order valence-corrected chi connectivity index (χ3v) is 2.13. The van der Waals surface area contributed by atoms with Gasteiger partial charge in [-0.05, 0) is 31.6 Å². The largest absolute Gasteiger partial charge is 0.396 e. The molecule has 2 unspecified atom stereocenters. The highest BCUT2D eigenvalue weighted by Gasteiger charge is 2.13. The van der Waals surface area contributed by atoms with Crippen LogP contribution in [0.4, 0.5) is 0 Å². The predicted octanol–water partition coefficient (Wildman–Crippen LogP) is 2.07. The lowest BCUT2D eigenvalue weighted by molar-refractivity contribution is 0.0750. The number of ether oxygens (including phenoxy) is 1. The Balaban J connectivity index is 3.66. The summed E-state index contributed by atoms with van der Waals surface area (Å²) in [4.78, 5) is 0. The van der Waals surface area contributed by atoms with Crippen LogP contribution in [0.2, 0.25) is 0 Å². The minimum absolute atomic E-state index is 0.265. The van der Waals surface area contributed by atoms with Gasteiger partial charge >= 0.3 is 0 Å². The monoisotopic (exact) mass is 174 g/mol. The molecule has 2 atom stereocenters. The van der Waals surface area contributed by atoms with Crippen molar-refractivity contribution in [3.8, 4) is 0 Å². The SMILES string of the molecule is COC(C)CC(CO)CC(C)C. The first kappa shape index (κ1) is 11.9. The van der Waals surface area contributed by atoms with Gasteiger partial charge in [0.15, 0.2) is 0 Å². The van der Waals surface area contributed by atoms with Gasteiger partial charge in [0.05, 0.1) is 6.10 Å². The number of aliphatic hydroxyl groups excluding tert-OH is 1. The average Bonchev–Trinajstić information content (AvgIpc) is 2.02. The van der Waals surface area contributed by atoms with E-state index in [9.17, 15) is 0 Å². The van der Waals surface area contributed by atoms with Crippen LogP contribution in [-0.4, -0.2) is 24.9 Å². The van der Waals surface area contributed by atoms with Crippen LogP contribution in [-0.2, 0) is 4.74 Å². The molecule has 0 aliphatic rings. The predicted molar refractivity (Wildman–Crippen MR) is 51.1 cm³/mol. The summed E-state index contributed by atoms with van der Waals surface area (Å²) in [5.41, 5.74) is 0. The molecule has 0 amide bonds. The van der Waals surface area contributed by atoms with Gasteiger partial charge in [-0.1, -0.05) is 13.8 Å². The van der Waals surface area contributed by atoms with E-state index in [1.54, 1.807) is 7.11 Å². The van der Waals surface area contributed by atoms with Gasteiger partial charge in [0.1, 0.15) is 0 Å². The summed E-state index contributed by atoms with van der Waals surface area (Å²) in [6.07, 6.45) is 2.32. The minimum Gasteiger partial charge on any atom is -0.396 e. The Morgan fingerprint density at radius 1 is 1.17 bits per heavy atom. The number of rotatable bonds is 6. The molecule has 0 aliphatic carbocycles. The topological polar surface area (TPSA) is 29.5 Å². The van der Waals surface area contributed by atoms with Crippen molar-refractivity contribution in [3.05, 3.63) is 0 Å². The molecule has 0 spiro atoms. The summed E-state index contributed by atoms with van der Waals surface area (Å²) >= 11 is 0. The van der Waals surface area contributed by atoms with E-state index >= 15 is 0 Å². The van der Waals surface area contributed by atoms with E-state index < -0.39 is 0 Å². The lowest BCUT2D eigenvalue weighted by Gasteiger charge is -2.19. The molecule has 0 aromatic heterocycles. The Kier molecular flexibility index (Phi) is 6.39. The van der Waals surface area contributed by atoms with Crippen molar-refractivity contribution in [2.24, 2.45) is 11.8 Å². The van der Waals surface area contributed by atoms with E-state index in [0.29, 0.717) is 11.8 Å². The summed E-state index contributed by atoms with van der Waals surface area (Å²) in [5.74, 6) is 1.06. The van der Waals surface area contributed by atoms with E-state index in [0.717, 1.165) is 12.8 Å². The fraction of sp³-hybridized carbons (Fsp3) is 1.00. The molecule has 12 heavy (non-hydrogen) atoms. The zero-order valence-corrected chi connectivity index (χ0v) is 8.71. The third-order valence-electron chi connectivity index (χ3n) is 2.13. The molecule has 0 aromatic carbocycles. The van der Waals surface area contributed by atoms with E-state index in [-0.39, 0.29) is 12.7 Å². The maximum absolute atomic E-state index is 9.06. The van der Waals surface area contributed by atoms with Gasteiger partial charge in [-0.15, -0.1) is 0 Å². The maximum atomic E-state index is 9.06. The van der Waals surface area contributed by atoms with Crippen molar-refractivity contribution in [3.63, 3.8) is 0 Å². The highest BCUT2D eigenvalue weighted by atomic mass is 16.5. The van der Waals surface area contributed by atoms with Gasteiger partial charge in [0.25, 0.3) is 0 Å². The first-order valence-corrected chi connectivity index (χ1v) is 4.73. The van der Waals surface area contributed by atoms with Crippen LogP contribution in [0.25, 0.3) is 0 Å². The van der Waals surface area contributed by atoms with Gasteiger partial charge in [-0.25, -0.2) is 0 Å². The molecule has 0 saturated heterocycles. The molecule has 2 heteroatoms. The minimum atomic E-state index is 0.265. The lowest BCUT2D eigenvalue weighted by atomic mass is 9.93. The number of aliphatic hydroxyl groups is 1. The van der Waals surface area contributed by atoms with Crippen molar-refractivity contribution >= 4 is 0 Å². The molecule has 2 nitrogen and oxygen atoms in total. The van der Waals surface area contributed by atoms with Gasteiger partial charge in [-0.3, -0.25) is 0 Å². The van der Waals surface area contributed by atoms with Crippen LogP contribution >= 0.6 is 0 Å². The van der Waals surface area contributed by atoms with Gasteiger partial charge in [-0.2, -0.15) is 0 Å². The fourth-order valence-corrected chi connectivity index (χ4v) is 1.48. The summed E-state index contributed by atoms with van der Waals surface area (Å²) in [7, 11) is 1.72. The second-order valence-corrected chi connectivity index (χ2v) is 3.96. The molecule has 1 N–H and O–H groups in total. The Labute approximate surface area is 75.9 Å². The molecule has 0 aromatic rings. The quantitative estimate of drug-likeness (QED) is 0.668. The average molecular weight is 174 g/mol. The lowest BCUT2D eigenvalue weighted by Crippen LogP contribution is -2.17. The van der Waals surface area contributed by atoms with E-state index in [2.05, 4.69) is 13.8 Å². The number of methoxy groups -OCH3 is 1. The van der Waals surface area contributed by atoms with Crippen molar-refractivity contribution < 1.29 is 9.84 Å². The molecule has 0 aliphatic heterocycles. The Morgan fingerprint density at radius 3 is 2.08 bits per heavy atom. The van der Waals surface area contributed by atoms with Crippen LogP contribution in [0.1, 0.15) is 33.6 Å². The zero-order valence-electron chi connectivity index (χ0n) is 8.71. The summed E-state index contributed by atoms with van der Waals surface area (Å²) < 4.78 is 5.15. The van der Waals surface area contributed by atoms with Gasteiger partial charge in [0, 0.05) is 13.7 Å². The van der Waals surface area contributed by atoms with Crippen molar-refractivity contribution in [1.82, 2.24) is 0 Å². The molecule has 74 valence electrons. The second-order valence-electron chi connectivity index (χ2n) is 3.96. The molecule has 0 radical (unpaired) electrons. The number of hydrogen-bond acceptors (Lipinski definition) is 2. The Bertz CT molecular complexity index is 102. The number of hydrogen-bond donors (Lipinski definition) is 1. The van der Waals surface area contributed by atoms with E-state index in [1.165, 1.54) is 0 Å².